The van der Waals surface area contributed by atoms with Gasteiger partial charge in [0, 0.05) is 58.1 Å². The summed E-state index contributed by atoms with van der Waals surface area (Å²) in [6.07, 6.45) is 4.85. The van der Waals surface area contributed by atoms with Gasteiger partial charge in [-0.2, -0.15) is 0 Å². The van der Waals surface area contributed by atoms with E-state index in [2.05, 4.69) is 20.1 Å². The van der Waals surface area contributed by atoms with E-state index in [9.17, 15) is 9.90 Å². The van der Waals surface area contributed by atoms with Gasteiger partial charge in [-0.3, -0.25) is 4.79 Å². The van der Waals surface area contributed by atoms with Crippen LogP contribution in [0.25, 0.3) is 0 Å². The van der Waals surface area contributed by atoms with Gasteiger partial charge in [0.25, 0.3) is 0 Å². The standard InChI is InChI=1S/C40H59NO11/c1-19-11-24-5-7-28-20(2)12-26(45-28)9-10-40-17-33-36(51-40)37-38(50-33)39(52-40)35-29(49-37)8-6-25(47-35)13-22(42)14-27-31(16-30(46-24)21(19)3)48-32(34(27)44-4)15-23(43)18-41/h19,23-39,43H,2-3,5-18,41H2,1,4H3/t19-,23+,24+,25-,26-,27-,28-,29+,30-,31-,32-,33-,34+,35+,36-,37-,38+,39+,40-/m1/s1. The van der Waals surface area contributed by atoms with Crippen molar-refractivity contribution in [1.82, 2.24) is 0 Å². The van der Waals surface area contributed by atoms with Crippen LogP contribution in [0.4, 0.5) is 0 Å². The van der Waals surface area contributed by atoms with Crippen molar-refractivity contribution in [2.45, 2.75) is 194 Å². The summed E-state index contributed by atoms with van der Waals surface area (Å²) in [6, 6.07) is 0. The molecule has 12 heteroatoms. The maximum Gasteiger partial charge on any atom is 0.172 e. The molecule has 10 fully saturated rings. The van der Waals surface area contributed by atoms with E-state index in [0.717, 1.165) is 56.1 Å². The van der Waals surface area contributed by atoms with Crippen molar-refractivity contribution >= 4 is 5.78 Å². The highest BCUT2D eigenvalue weighted by Gasteiger charge is 2.68. The van der Waals surface area contributed by atoms with Gasteiger partial charge >= 0.3 is 0 Å². The summed E-state index contributed by atoms with van der Waals surface area (Å²) in [5.41, 5.74) is 8.01. The lowest BCUT2D eigenvalue weighted by Gasteiger charge is -2.47. The average molecular weight is 730 g/mol. The second-order valence-electron chi connectivity index (χ2n) is 17.4. The molecule has 12 nitrogen and oxygen atoms in total. The monoisotopic (exact) mass is 729 g/mol. The molecule has 0 amide bonds. The van der Waals surface area contributed by atoms with E-state index >= 15 is 0 Å². The van der Waals surface area contributed by atoms with Gasteiger partial charge in [-0.05, 0) is 62.0 Å². The van der Waals surface area contributed by atoms with E-state index < -0.39 is 18.0 Å². The number of ketones is 1. The molecule has 10 aliphatic heterocycles. The molecule has 0 aromatic heterocycles. The molecule has 10 saturated heterocycles. The summed E-state index contributed by atoms with van der Waals surface area (Å²) in [6.45, 7) is 11.3. The maximum atomic E-state index is 14.1. The second kappa shape index (κ2) is 14.3. The van der Waals surface area contributed by atoms with Crippen molar-refractivity contribution in [2.75, 3.05) is 13.7 Å². The lowest BCUT2D eigenvalue weighted by atomic mass is 9.81. The molecule has 0 aliphatic carbocycles. The number of rotatable bonds is 4. The normalized spacial score (nSPS) is 52.4. The van der Waals surface area contributed by atoms with Crippen LogP contribution in [0.5, 0.6) is 0 Å². The Balaban J connectivity index is 0.994. The first-order valence-electron chi connectivity index (χ1n) is 20.2. The van der Waals surface area contributed by atoms with Gasteiger partial charge < -0.3 is 53.5 Å². The van der Waals surface area contributed by atoms with Crippen molar-refractivity contribution in [3.63, 3.8) is 0 Å². The Bertz CT molecular complexity index is 1380. The molecule has 12 bridgehead atoms. The van der Waals surface area contributed by atoms with Gasteiger partial charge in [-0.1, -0.05) is 20.1 Å². The van der Waals surface area contributed by atoms with E-state index in [-0.39, 0.29) is 122 Å². The summed E-state index contributed by atoms with van der Waals surface area (Å²) in [5, 5.41) is 10.5. The highest BCUT2D eigenvalue weighted by atomic mass is 16.8. The molecule has 19 atom stereocenters. The van der Waals surface area contributed by atoms with Crippen LogP contribution in [0.3, 0.4) is 0 Å². The van der Waals surface area contributed by atoms with E-state index in [1.165, 1.54) is 0 Å². The number of carbonyl (C=O) groups is 1. The first kappa shape index (κ1) is 36.4. The molecule has 0 aromatic rings. The Morgan fingerprint density at radius 3 is 2.38 bits per heavy atom. The van der Waals surface area contributed by atoms with Crippen LogP contribution in [0, 0.1) is 11.8 Å². The van der Waals surface area contributed by atoms with Crippen molar-refractivity contribution < 1.29 is 52.5 Å². The highest BCUT2D eigenvalue weighted by molar-refractivity contribution is 5.79. The fourth-order valence-corrected chi connectivity index (χ4v) is 11.3. The molecular formula is C40H59NO11. The minimum atomic E-state index is -0.780. The van der Waals surface area contributed by atoms with Gasteiger partial charge in [-0.25, -0.2) is 0 Å². The number of aliphatic hydroxyl groups excluding tert-OH is 1. The second-order valence-corrected chi connectivity index (χ2v) is 17.4. The van der Waals surface area contributed by atoms with Crippen LogP contribution >= 0.6 is 0 Å². The first-order chi connectivity index (χ1) is 25.1. The zero-order chi connectivity index (χ0) is 35.9. The van der Waals surface area contributed by atoms with Crippen LogP contribution in [0.15, 0.2) is 24.3 Å². The minimum Gasteiger partial charge on any atom is -0.392 e. The van der Waals surface area contributed by atoms with E-state index in [1.807, 2.05) is 0 Å². The maximum absolute atomic E-state index is 14.1. The van der Waals surface area contributed by atoms with E-state index in [1.54, 1.807) is 7.11 Å². The lowest BCUT2D eigenvalue weighted by Crippen LogP contribution is -2.61. The Morgan fingerprint density at radius 2 is 1.56 bits per heavy atom. The fourth-order valence-electron chi connectivity index (χ4n) is 11.3. The van der Waals surface area contributed by atoms with Gasteiger partial charge in [0.2, 0.25) is 0 Å². The molecular weight excluding hydrogens is 670 g/mol. The minimum absolute atomic E-state index is 0.0158. The molecule has 52 heavy (non-hydrogen) atoms. The quantitative estimate of drug-likeness (QED) is 0.409. The zero-order valence-electron chi connectivity index (χ0n) is 30.8. The van der Waals surface area contributed by atoms with Crippen LogP contribution < -0.4 is 5.73 Å². The Kier molecular flexibility index (Phi) is 10.0. The number of Topliss-reactive ketones (excluding diaryl/α,β-unsaturated/α-hetero) is 1. The number of fused-ring (bicyclic) bond motifs is 6. The third-order valence-electron chi connectivity index (χ3n) is 14.0. The molecule has 10 heterocycles. The first-order valence-corrected chi connectivity index (χ1v) is 20.2. The highest BCUT2D eigenvalue weighted by Crippen LogP contribution is 2.54. The van der Waals surface area contributed by atoms with Crippen molar-refractivity contribution in [3.05, 3.63) is 24.3 Å². The number of methoxy groups -OCH3 is 1. The van der Waals surface area contributed by atoms with Gasteiger partial charge in [0.05, 0.1) is 67.1 Å². The van der Waals surface area contributed by atoms with Crippen LogP contribution in [-0.4, -0.2) is 128 Å². The number of carbonyl (C=O) groups excluding carboxylic acids is 1. The van der Waals surface area contributed by atoms with Crippen molar-refractivity contribution in [3.8, 4) is 0 Å². The molecule has 1 spiro atoms. The Hall–Kier alpha value is -1.29. The Morgan fingerprint density at radius 1 is 0.808 bits per heavy atom. The predicted octanol–water partition coefficient (Wildman–Crippen LogP) is 3.44. The number of hydrogen-bond acceptors (Lipinski definition) is 12. The number of hydrogen-bond donors (Lipinski definition) is 2. The van der Waals surface area contributed by atoms with Crippen LogP contribution in [0.1, 0.15) is 90.4 Å². The molecule has 0 radical (unpaired) electrons. The smallest absolute Gasteiger partial charge is 0.172 e. The molecule has 290 valence electrons. The van der Waals surface area contributed by atoms with Gasteiger partial charge in [-0.15, -0.1) is 0 Å². The van der Waals surface area contributed by atoms with E-state index in [4.69, 9.17) is 48.4 Å². The predicted molar refractivity (Wildman–Crippen MR) is 186 cm³/mol. The van der Waals surface area contributed by atoms with Crippen molar-refractivity contribution in [1.29, 1.82) is 0 Å². The lowest BCUT2D eigenvalue weighted by molar-refractivity contribution is -0.292. The third-order valence-corrected chi connectivity index (χ3v) is 14.0. The van der Waals surface area contributed by atoms with Crippen molar-refractivity contribution in [2.24, 2.45) is 17.6 Å². The fraction of sp³-hybridized carbons (Fsp3) is 0.875. The summed E-state index contributed by atoms with van der Waals surface area (Å²) < 4.78 is 60.0. The summed E-state index contributed by atoms with van der Waals surface area (Å²) in [5.74, 6) is -0.619. The molecule has 10 aliphatic rings. The average Bonchev–Trinajstić information content (AvgIpc) is 3.79. The van der Waals surface area contributed by atoms with Crippen LogP contribution in [0.2, 0.25) is 0 Å². The summed E-state index contributed by atoms with van der Waals surface area (Å²) in [7, 11) is 1.66. The van der Waals surface area contributed by atoms with Gasteiger partial charge in [0.15, 0.2) is 5.79 Å². The zero-order valence-corrected chi connectivity index (χ0v) is 30.8. The molecule has 0 unspecified atom stereocenters. The number of ether oxygens (including phenoxy) is 9. The SMILES string of the molecule is C=C1C[C@H]2CC[C@]34C[C@H]5O[C@@H]6[C@@H](O3)[C@H]3O[C@H](CC[C@@H]3O[C@@H]6[C@@H]5O4)CC(=O)C[C@H]3[C@H](OC)[C@@H](C[C@H](O)CN)O[C@@H]3C[C@H]3O[C@@H](CC[C@H]1O2)C[C@@H](C)C3=C. The molecule has 3 N–H and O–H groups in total. The Labute approximate surface area is 307 Å². The summed E-state index contributed by atoms with van der Waals surface area (Å²) >= 11 is 0. The third kappa shape index (κ3) is 6.59. The van der Waals surface area contributed by atoms with Gasteiger partial charge in [0.1, 0.15) is 36.3 Å². The molecule has 0 saturated carbocycles. The topological polar surface area (TPSA) is 146 Å². The van der Waals surface area contributed by atoms with E-state index in [0.29, 0.717) is 25.7 Å². The molecule has 10 rings (SSSR count). The largest absolute Gasteiger partial charge is 0.392 e. The summed E-state index contributed by atoms with van der Waals surface area (Å²) in [4.78, 5) is 14.1. The number of nitrogens with two attached hydrogens (primary N) is 1. The molecule has 0 aromatic carbocycles. The van der Waals surface area contributed by atoms with Crippen LogP contribution in [-0.2, 0) is 47.4 Å². The number of aliphatic hydroxyl groups is 1.